The highest BCUT2D eigenvalue weighted by Crippen LogP contribution is 1.89. The van der Waals surface area contributed by atoms with Gasteiger partial charge in [0.25, 0.3) is 0 Å². The van der Waals surface area contributed by atoms with E-state index in [4.69, 9.17) is 3.79 Å². The maximum atomic E-state index is 10.3. The summed E-state index contributed by atoms with van der Waals surface area (Å²) in [5.74, 6) is 0.685. The molecular weight excluding hydrogens is 119 g/mol. The maximum absolute atomic E-state index is 10.3. The third-order valence-corrected chi connectivity index (χ3v) is 1.09. The first-order valence-electron chi connectivity index (χ1n) is 2.27. The molecule has 3 heteroatoms. The molecule has 1 radical (unpaired) electrons. The summed E-state index contributed by atoms with van der Waals surface area (Å²) in [6.07, 6.45) is 1.45. The van der Waals surface area contributed by atoms with E-state index < -0.39 is 0 Å². The van der Waals surface area contributed by atoms with Gasteiger partial charge in [0, 0.05) is 7.50 Å². The fourth-order valence-electron chi connectivity index (χ4n) is 0.328. The van der Waals surface area contributed by atoms with E-state index in [0.29, 0.717) is 5.76 Å². The zero-order chi connectivity index (χ0) is 6.57. The van der Waals surface area contributed by atoms with Crippen molar-refractivity contribution in [1.29, 1.82) is 0 Å². The monoisotopic (exact) mass is 130 g/mol. The van der Waals surface area contributed by atoms with Crippen molar-refractivity contribution in [1.82, 2.24) is 0 Å². The van der Waals surface area contributed by atoms with Crippen molar-refractivity contribution >= 4 is 22.4 Å². The van der Waals surface area contributed by atoms with Gasteiger partial charge in [0.05, 0.1) is 5.76 Å². The molecule has 2 nitrogen and oxygen atoms in total. The van der Waals surface area contributed by atoms with Crippen molar-refractivity contribution in [3.63, 3.8) is 0 Å². The average molecular weight is 130 g/mol. The summed E-state index contributed by atoms with van der Waals surface area (Å²) in [5.41, 5.74) is 0. The van der Waals surface area contributed by atoms with Crippen molar-refractivity contribution in [3.05, 3.63) is 11.8 Å². The molecule has 0 fully saturated rings. The summed E-state index contributed by atoms with van der Waals surface area (Å²) in [6.45, 7) is 3.24. The van der Waals surface area contributed by atoms with Gasteiger partial charge in [-0.2, -0.15) is 0 Å². The molecule has 0 saturated heterocycles. The van der Waals surface area contributed by atoms with Crippen molar-refractivity contribution in [2.75, 3.05) is 0 Å². The van der Waals surface area contributed by atoms with E-state index in [-0.39, 0.29) is 7.21 Å². The Morgan fingerprint density at radius 2 is 2.25 bits per heavy atom. The van der Waals surface area contributed by atoms with Gasteiger partial charge in [-0.25, -0.2) is 0 Å². The minimum atomic E-state index is 0. The number of hydrogen-bond acceptors (Lipinski definition) is 2. The zero-order valence-corrected chi connectivity index (χ0v) is 6.52. The Labute approximate surface area is 58.8 Å². The Bertz CT molecular complexity index is 122. The first-order chi connectivity index (χ1) is 3.66. The Balaban J connectivity index is 0. The predicted molar refractivity (Wildman–Crippen MR) is 34.8 cm³/mol. The van der Waals surface area contributed by atoms with Gasteiger partial charge in [-0.15, -0.1) is 0 Å². The fraction of sp³-hybridized carbons (Fsp3) is 0.400. The van der Waals surface area contributed by atoms with Crippen LogP contribution < -0.4 is 0 Å². The van der Waals surface area contributed by atoms with Gasteiger partial charge >= 0.3 is 16.6 Å². The van der Waals surface area contributed by atoms with Gasteiger partial charge in [0.1, 0.15) is 0 Å². The lowest BCUT2D eigenvalue weighted by atomic mass is 10.4. The van der Waals surface area contributed by atoms with Crippen LogP contribution in [0.3, 0.4) is 0 Å². The minimum Gasteiger partial charge on any atom is -0.653 e. The van der Waals surface area contributed by atoms with Crippen LogP contribution in [0.2, 0.25) is 0 Å². The molecule has 0 spiro atoms. The highest BCUT2D eigenvalue weighted by atomic mass is 27.1. The zero-order valence-electron chi connectivity index (χ0n) is 5.10. The topological polar surface area (TPSA) is 26.3 Å². The molecule has 0 saturated carbocycles. The number of carbonyl (C=O) groups excluding carboxylic acids is 1. The van der Waals surface area contributed by atoms with Gasteiger partial charge in [-0.1, -0.05) is 0 Å². The Morgan fingerprint density at radius 3 is 2.38 bits per heavy atom. The van der Waals surface area contributed by atoms with Crippen LogP contribution in [0.15, 0.2) is 11.8 Å². The second kappa shape index (κ2) is 3.71. The molecule has 0 aromatic heterocycles. The van der Waals surface area contributed by atoms with Crippen LogP contribution in [0.4, 0.5) is 0 Å². The molecule has 0 atom stereocenters. The number of allylic oxidation sites excluding steroid dienone is 2. The second-order valence-corrected chi connectivity index (χ2v) is 1.80. The quantitative estimate of drug-likeness (QED) is 0.310. The number of ketones is 1. The van der Waals surface area contributed by atoms with Gasteiger partial charge in [-0.05, 0) is 13.8 Å². The molecule has 45 valence electrons. The Morgan fingerprint density at radius 1 is 1.75 bits per heavy atom. The molecule has 0 amide bonds. The summed E-state index contributed by atoms with van der Waals surface area (Å²) in [7, 11) is 0. The lowest BCUT2D eigenvalue weighted by molar-refractivity contribution is -0.112. The third-order valence-electron chi connectivity index (χ3n) is 0.634. The normalized spacial score (nSPS) is 11.0. The van der Waals surface area contributed by atoms with Crippen molar-refractivity contribution in [2.45, 2.75) is 13.8 Å². The molecule has 0 heterocycles. The predicted octanol–water partition coefficient (Wildman–Crippen LogP) is 0.558. The van der Waals surface area contributed by atoms with Gasteiger partial charge < -0.3 is 3.79 Å². The molecule has 0 aromatic carbocycles. The van der Waals surface area contributed by atoms with E-state index in [9.17, 15) is 4.79 Å². The van der Waals surface area contributed by atoms with Crippen LogP contribution in [0.1, 0.15) is 15.3 Å². The second-order valence-electron chi connectivity index (χ2n) is 1.51. The Hall–Kier alpha value is -0.258. The largest absolute Gasteiger partial charge is 0.653 e. The highest BCUT2D eigenvalue weighted by molar-refractivity contribution is 5.99. The summed E-state index contributed by atoms with van der Waals surface area (Å²) >= 11 is 1.36. The van der Waals surface area contributed by atoms with Gasteiger partial charge in [-0.3, -0.25) is 4.79 Å². The van der Waals surface area contributed by atoms with Crippen molar-refractivity contribution in [3.8, 4) is 0 Å². The van der Waals surface area contributed by atoms with Gasteiger partial charge in [0.2, 0.25) is 0 Å². The smallest absolute Gasteiger partial charge is 0.494 e. The molecule has 0 rings (SSSR count). The lowest BCUT2D eigenvalue weighted by Crippen LogP contribution is -1.87. The van der Waals surface area contributed by atoms with Crippen LogP contribution in [-0.4, -0.2) is 22.4 Å². The average Bonchev–Trinajstić information content (AvgIpc) is 1.65. The molecule has 8 heavy (non-hydrogen) atoms. The number of rotatable bonds is 2. The van der Waals surface area contributed by atoms with E-state index in [1.165, 1.54) is 29.6 Å². The molecular formula is C5H10AlO2. The third kappa shape index (κ3) is 3.92. The van der Waals surface area contributed by atoms with Crippen LogP contribution in [0.5, 0.6) is 0 Å². The molecule has 0 aliphatic heterocycles. The molecule has 0 aliphatic carbocycles. The molecule has 0 N–H and O–H groups in total. The summed E-state index contributed by atoms with van der Waals surface area (Å²) in [5, 5.41) is 0. The highest BCUT2D eigenvalue weighted by Gasteiger charge is 1.85. The van der Waals surface area contributed by atoms with E-state index in [0.717, 1.165) is 0 Å². The van der Waals surface area contributed by atoms with E-state index in [1.807, 2.05) is 0 Å². The number of carbonyl (C=O) groups is 1. The number of hydrogen-bond donors (Lipinski definition) is 0. The van der Waals surface area contributed by atoms with E-state index >= 15 is 0 Å². The summed E-state index contributed by atoms with van der Waals surface area (Å²) in [6, 6.07) is 0. The van der Waals surface area contributed by atoms with Crippen molar-refractivity contribution in [2.24, 2.45) is 0 Å². The molecule has 0 aliphatic rings. The first-order valence-corrected chi connectivity index (χ1v) is 2.85. The first kappa shape index (κ1) is 7.74. The summed E-state index contributed by atoms with van der Waals surface area (Å²) < 4.78 is 4.73. The van der Waals surface area contributed by atoms with Crippen LogP contribution in [0.25, 0.3) is 0 Å². The van der Waals surface area contributed by atoms with E-state index in [1.54, 1.807) is 6.92 Å². The van der Waals surface area contributed by atoms with E-state index in [2.05, 4.69) is 0 Å². The van der Waals surface area contributed by atoms with Crippen LogP contribution in [0, 0.1) is 0 Å². The Kier molecular flexibility index (Phi) is 3.59. The minimum absolute atomic E-state index is 0. The lowest BCUT2D eigenvalue weighted by Gasteiger charge is -1.97. The molecule has 0 bridgehead atoms. The standard InChI is InChI=1S/C5H8O2.Al.H2.H/c1-4(6)3-5(2)7;;;/h3,6H,1-2H3;;1H;/q;+1;;/p-1/i;;1+1;. The maximum Gasteiger partial charge on any atom is 0.494 e. The SMILES string of the molecule is CC(=O)C=C(C)[O][AlH].[2HH]. The van der Waals surface area contributed by atoms with Crippen molar-refractivity contribution < 1.29 is 10.0 Å². The summed E-state index contributed by atoms with van der Waals surface area (Å²) in [4.78, 5) is 10.3. The fourth-order valence-corrected chi connectivity index (χ4v) is 0.411. The molecule has 0 aromatic rings. The van der Waals surface area contributed by atoms with Gasteiger partial charge in [0.15, 0.2) is 5.78 Å². The van der Waals surface area contributed by atoms with Crippen LogP contribution >= 0.6 is 0 Å². The molecule has 0 unspecified atom stereocenters. The van der Waals surface area contributed by atoms with Crippen LogP contribution in [-0.2, 0) is 8.58 Å².